The summed E-state index contributed by atoms with van der Waals surface area (Å²) in [5.41, 5.74) is 2.03. The summed E-state index contributed by atoms with van der Waals surface area (Å²) in [6, 6.07) is 9.35. The molecule has 0 amide bonds. The highest BCUT2D eigenvalue weighted by molar-refractivity contribution is 5.84. The standard InChI is InChI=1S/C19H20O6/c20-12-5-10-1-3-15(21)13(6-10)14-7-11(2-4-16(14)22)8-17(23)19(25)18(24)9-12/h1-4,6-7,12,17,19-23,25H,5,8-9H2/t12-,17-,19?/m0/s1. The highest BCUT2D eigenvalue weighted by Crippen LogP contribution is 2.37. The van der Waals surface area contributed by atoms with Gasteiger partial charge in [-0.15, -0.1) is 0 Å². The van der Waals surface area contributed by atoms with Crippen molar-refractivity contribution >= 4 is 5.78 Å². The van der Waals surface area contributed by atoms with E-state index in [-0.39, 0.29) is 30.8 Å². The molecule has 132 valence electrons. The number of aliphatic hydroxyl groups is 3. The van der Waals surface area contributed by atoms with Crippen molar-refractivity contribution in [3.05, 3.63) is 47.5 Å². The Morgan fingerprint density at radius 1 is 0.760 bits per heavy atom. The molecule has 3 atom stereocenters. The number of aliphatic hydroxyl groups excluding tert-OH is 3. The Labute approximate surface area is 144 Å². The number of carbonyl (C=O) groups is 1. The van der Waals surface area contributed by atoms with Crippen LogP contribution in [0.3, 0.4) is 0 Å². The van der Waals surface area contributed by atoms with Gasteiger partial charge in [0, 0.05) is 24.0 Å². The quantitative estimate of drug-likeness (QED) is 0.485. The fourth-order valence-corrected chi connectivity index (χ4v) is 3.12. The Kier molecular flexibility index (Phi) is 4.76. The molecule has 4 bridgehead atoms. The zero-order valence-electron chi connectivity index (χ0n) is 13.5. The van der Waals surface area contributed by atoms with Gasteiger partial charge in [-0.1, -0.05) is 12.1 Å². The van der Waals surface area contributed by atoms with E-state index < -0.39 is 24.1 Å². The molecule has 5 N–H and O–H groups in total. The molecule has 6 nitrogen and oxygen atoms in total. The van der Waals surface area contributed by atoms with E-state index in [2.05, 4.69) is 0 Å². The van der Waals surface area contributed by atoms with E-state index in [1.807, 2.05) is 0 Å². The van der Waals surface area contributed by atoms with Gasteiger partial charge in [0.15, 0.2) is 5.78 Å². The lowest BCUT2D eigenvalue weighted by Gasteiger charge is -2.18. The number of rotatable bonds is 0. The molecule has 3 rings (SSSR count). The van der Waals surface area contributed by atoms with E-state index >= 15 is 0 Å². The second-order valence-electron chi connectivity index (χ2n) is 6.45. The van der Waals surface area contributed by atoms with Crippen LogP contribution in [0, 0.1) is 0 Å². The Morgan fingerprint density at radius 3 is 1.84 bits per heavy atom. The van der Waals surface area contributed by atoms with Gasteiger partial charge in [-0.3, -0.25) is 4.79 Å². The lowest BCUT2D eigenvalue weighted by Crippen LogP contribution is -2.37. The molecule has 0 heterocycles. The molecular formula is C19H20O6. The number of carbonyl (C=O) groups excluding carboxylic acids is 1. The highest BCUT2D eigenvalue weighted by atomic mass is 16.3. The Balaban J connectivity index is 2.13. The van der Waals surface area contributed by atoms with Gasteiger partial charge in [0.25, 0.3) is 0 Å². The number of phenols is 2. The van der Waals surface area contributed by atoms with Crippen LogP contribution in [0.2, 0.25) is 0 Å². The molecule has 2 aromatic rings. The number of benzene rings is 2. The second-order valence-corrected chi connectivity index (χ2v) is 6.45. The molecule has 6 heteroatoms. The van der Waals surface area contributed by atoms with Gasteiger partial charge in [0.05, 0.1) is 12.2 Å². The predicted octanol–water partition coefficient (Wildman–Crippen LogP) is 0.905. The Morgan fingerprint density at radius 2 is 1.28 bits per heavy atom. The molecule has 0 aromatic heterocycles. The van der Waals surface area contributed by atoms with Crippen LogP contribution in [0.5, 0.6) is 11.5 Å². The van der Waals surface area contributed by atoms with Crippen molar-refractivity contribution in [2.24, 2.45) is 0 Å². The lowest BCUT2D eigenvalue weighted by atomic mass is 9.96. The molecule has 0 saturated carbocycles. The van der Waals surface area contributed by atoms with Gasteiger partial charge in [0.1, 0.15) is 17.6 Å². The van der Waals surface area contributed by atoms with Crippen molar-refractivity contribution in [2.75, 3.05) is 0 Å². The number of hydrogen-bond donors (Lipinski definition) is 5. The minimum Gasteiger partial charge on any atom is -0.507 e. The SMILES string of the molecule is O=C1C[C@@H](O)Cc2ccc(O)c(c2)-c2cc(ccc2O)C[C@H](O)C1O. The van der Waals surface area contributed by atoms with Crippen LogP contribution < -0.4 is 0 Å². The maximum absolute atomic E-state index is 12.0. The number of phenolic OH excluding ortho intramolecular Hbond substituents is 2. The van der Waals surface area contributed by atoms with Crippen molar-refractivity contribution < 1.29 is 30.3 Å². The molecule has 0 radical (unpaired) electrons. The first-order chi connectivity index (χ1) is 11.8. The van der Waals surface area contributed by atoms with Crippen LogP contribution in [-0.4, -0.2) is 49.6 Å². The third kappa shape index (κ3) is 3.66. The second kappa shape index (κ2) is 6.84. The number of ketones is 1. The number of hydrogen-bond acceptors (Lipinski definition) is 6. The molecule has 0 saturated heterocycles. The molecule has 1 unspecified atom stereocenters. The smallest absolute Gasteiger partial charge is 0.166 e. The van der Waals surface area contributed by atoms with Crippen molar-refractivity contribution in [3.63, 3.8) is 0 Å². The molecule has 1 aliphatic carbocycles. The van der Waals surface area contributed by atoms with Crippen LogP contribution in [0.1, 0.15) is 17.5 Å². The summed E-state index contributed by atoms with van der Waals surface area (Å²) in [6.45, 7) is 0. The van der Waals surface area contributed by atoms with Crippen molar-refractivity contribution in [2.45, 2.75) is 37.6 Å². The largest absolute Gasteiger partial charge is 0.507 e. The third-order valence-electron chi connectivity index (χ3n) is 4.46. The van der Waals surface area contributed by atoms with E-state index in [1.165, 1.54) is 12.1 Å². The average molecular weight is 344 g/mol. The molecule has 25 heavy (non-hydrogen) atoms. The van der Waals surface area contributed by atoms with Crippen molar-refractivity contribution in [1.82, 2.24) is 0 Å². The molecule has 2 aromatic carbocycles. The molecule has 1 aliphatic rings. The number of aromatic hydroxyl groups is 2. The van der Waals surface area contributed by atoms with Crippen LogP contribution in [-0.2, 0) is 17.6 Å². The van der Waals surface area contributed by atoms with Crippen LogP contribution >= 0.6 is 0 Å². The van der Waals surface area contributed by atoms with Crippen molar-refractivity contribution in [3.8, 4) is 22.6 Å². The first-order valence-corrected chi connectivity index (χ1v) is 8.06. The monoisotopic (exact) mass is 344 g/mol. The van der Waals surface area contributed by atoms with E-state index in [0.717, 1.165) is 0 Å². The molecule has 0 spiro atoms. The summed E-state index contributed by atoms with van der Waals surface area (Å²) in [4.78, 5) is 12.0. The van der Waals surface area contributed by atoms with Gasteiger partial charge in [-0.05, 0) is 41.8 Å². The van der Waals surface area contributed by atoms with Crippen LogP contribution in [0.15, 0.2) is 36.4 Å². The molecule has 0 fully saturated rings. The number of fused-ring (bicyclic) bond motifs is 5. The topological polar surface area (TPSA) is 118 Å². The molecular weight excluding hydrogens is 324 g/mol. The van der Waals surface area contributed by atoms with Crippen LogP contribution in [0.25, 0.3) is 11.1 Å². The van der Waals surface area contributed by atoms with E-state index in [0.29, 0.717) is 22.3 Å². The van der Waals surface area contributed by atoms with Crippen LogP contribution in [0.4, 0.5) is 0 Å². The first-order valence-electron chi connectivity index (χ1n) is 8.06. The molecule has 0 aliphatic heterocycles. The summed E-state index contributed by atoms with van der Waals surface area (Å²) in [6.07, 6.45) is -4.08. The Bertz CT molecular complexity index is 800. The van der Waals surface area contributed by atoms with E-state index in [9.17, 15) is 30.3 Å². The summed E-state index contributed by atoms with van der Waals surface area (Å²) in [7, 11) is 0. The average Bonchev–Trinajstić information content (AvgIpc) is 2.57. The Hall–Kier alpha value is -2.41. The van der Waals surface area contributed by atoms with Gasteiger partial charge < -0.3 is 25.5 Å². The van der Waals surface area contributed by atoms with E-state index in [4.69, 9.17) is 0 Å². The zero-order valence-corrected chi connectivity index (χ0v) is 13.5. The van der Waals surface area contributed by atoms with E-state index in [1.54, 1.807) is 24.3 Å². The summed E-state index contributed by atoms with van der Waals surface area (Å²) < 4.78 is 0. The normalized spacial score (nSPS) is 24.1. The fraction of sp³-hybridized carbons (Fsp3) is 0.316. The predicted molar refractivity (Wildman–Crippen MR) is 90.3 cm³/mol. The highest BCUT2D eigenvalue weighted by Gasteiger charge is 2.27. The lowest BCUT2D eigenvalue weighted by molar-refractivity contribution is -0.134. The van der Waals surface area contributed by atoms with Gasteiger partial charge in [-0.2, -0.15) is 0 Å². The summed E-state index contributed by atoms with van der Waals surface area (Å²) in [5, 5.41) is 50.5. The third-order valence-corrected chi connectivity index (χ3v) is 4.46. The van der Waals surface area contributed by atoms with Gasteiger partial charge >= 0.3 is 0 Å². The van der Waals surface area contributed by atoms with Crippen molar-refractivity contribution in [1.29, 1.82) is 0 Å². The number of Topliss-reactive ketones (excluding diaryl/α,β-unsaturated/α-hetero) is 1. The maximum atomic E-state index is 12.0. The fourth-order valence-electron chi connectivity index (χ4n) is 3.12. The minimum atomic E-state index is -1.59. The van der Waals surface area contributed by atoms with Gasteiger partial charge in [-0.25, -0.2) is 0 Å². The van der Waals surface area contributed by atoms with Gasteiger partial charge in [0.2, 0.25) is 0 Å². The zero-order chi connectivity index (χ0) is 18.1. The summed E-state index contributed by atoms with van der Waals surface area (Å²) in [5.74, 6) is -0.702. The maximum Gasteiger partial charge on any atom is 0.166 e. The minimum absolute atomic E-state index is 0.00324. The summed E-state index contributed by atoms with van der Waals surface area (Å²) >= 11 is 0. The first kappa shape index (κ1) is 17.4.